The van der Waals surface area contributed by atoms with Crippen LogP contribution in [0.1, 0.15) is 45.1 Å². The zero-order valence-corrected chi connectivity index (χ0v) is 24.1. The molecule has 1 rings (SSSR count). The van der Waals surface area contributed by atoms with E-state index in [9.17, 15) is 29.4 Å². The fourth-order valence-electron chi connectivity index (χ4n) is 3.74. The Labute approximate surface area is 239 Å². The summed E-state index contributed by atoms with van der Waals surface area (Å²) in [6.07, 6.45) is 3.29. The molecular formula is C26H43N7O6S. The van der Waals surface area contributed by atoms with Crippen molar-refractivity contribution in [1.29, 1.82) is 0 Å². The van der Waals surface area contributed by atoms with Crippen LogP contribution in [0.4, 0.5) is 0 Å². The minimum absolute atomic E-state index is 0.0876. The minimum atomic E-state index is -1.22. The normalized spacial score (nSPS) is 14.6. The van der Waals surface area contributed by atoms with Crippen LogP contribution in [0.25, 0.3) is 0 Å². The molecule has 0 saturated carbocycles. The van der Waals surface area contributed by atoms with Crippen molar-refractivity contribution < 1.29 is 29.4 Å². The smallest absolute Gasteiger partial charge is 0.326 e. The van der Waals surface area contributed by atoms with Crippen LogP contribution < -0.4 is 33.2 Å². The maximum absolute atomic E-state index is 13.3. The lowest BCUT2D eigenvalue weighted by atomic mass is 9.97. The molecule has 40 heavy (non-hydrogen) atoms. The second-order valence-corrected chi connectivity index (χ2v) is 10.5. The fourth-order valence-corrected chi connectivity index (χ4v) is 4.21. The third kappa shape index (κ3) is 12.6. The lowest BCUT2D eigenvalue weighted by molar-refractivity contribution is -0.143. The Morgan fingerprint density at radius 1 is 0.975 bits per heavy atom. The molecule has 0 aliphatic rings. The molecule has 1 aromatic rings. The number of aliphatic imine (C=N–C) groups is 1. The summed E-state index contributed by atoms with van der Waals surface area (Å²) >= 11 is 1.49. The zero-order valence-electron chi connectivity index (χ0n) is 23.3. The van der Waals surface area contributed by atoms with Crippen LogP contribution in [0.2, 0.25) is 0 Å². The molecule has 14 heteroatoms. The zero-order chi connectivity index (χ0) is 30.2. The summed E-state index contributed by atoms with van der Waals surface area (Å²) in [5.41, 5.74) is 17.4. The average Bonchev–Trinajstić information content (AvgIpc) is 2.91. The van der Waals surface area contributed by atoms with Gasteiger partial charge in [0.1, 0.15) is 23.9 Å². The van der Waals surface area contributed by atoms with Gasteiger partial charge >= 0.3 is 5.97 Å². The number of aliphatic carboxylic acids is 1. The molecule has 0 aromatic heterocycles. The number of thioether (sulfide) groups is 1. The molecule has 0 bridgehead atoms. The second kappa shape index (κ2) is 17.9. The summed E-state index contributed by atoms with van der Waals surface area (Å²) in [5.74, 6) is -2.76. The lowest BCUT2D eigenvalue weighted by Gasteiger charge is -2.28. The lowest BCUT2D eigenvalue weighted by Crippen LogP contribution is -2.58. The van der Waals surface area contributed by atoms with E-state index in [1.165, 1.54) is 23.9 Å². The van der Waals surface area contributed by atoms with Crippen LogP contribution in [0.5, 0.6) is 5.75 Å². The summed E-state index contributed by atoms with van der Waals surface area (Å²) in [4.78, 5) is 54.8. The van der Waals surface area contributed by atoms with Gasteiger partial charge in [-0.05, 0) is 61.3 Å². The van der Waals surface area contributed by atoms with E-state index in [4.69, 9.17) is 17.2 Å². The van der Waals surface area contributed by atoms with Crippen molar-refractivity contribution in [3.8, 4) is 5.75 Å². The van der Waals surface area contributed by atoms with Crippen molar-refractivity contribution in [3.05, 3.63) is 29.8 Å². The standard InChI is InChI=1S/C26H43N7O6S/c1-4-15(2)21(24(37)32-20(25(38)39)6-5-12-30-26(28)29)33-23(36)19(11-13-40-3)31-22(35)18(27)14-16-7-9-17(34)10-8-16/h7-10,15,18-21,34H,4-6,11-14,27H2,1-3H3,(H,31,35)(H,32,37)(H,33,36)(H,38,39)(H4,28,29,30). The molecule has 5 unspecified atom stereocenters. The molecule has 224 valence electrons. The molecule has 0 radical (unpaired) electrons. The van der Waals surface area contributed by atoms with Gasteiger partial charge in [-0.25, -0.2) is 4.79 Å². The van der Waals surface area contributed by atoms with E-state index in [1.807, 2.05) is 13.2 Å². The van der Waals surface area contributed by atoms with E-state index >= 15 is 0 Å². The Morgan fingerprint density at radius 3 is 2.15 bits per heavy atom. The van der Waals surface area contributed by atoms with Gasteiger partial charge in [-0.15, -0.1) is 0 Å². The Bertz CT molecular complexity index is 1000. The number of guanidine groups is 1. The quantitative estimate of drug-likeness (QED) is 0.0637. The third-order valence-electron chi connectivity index (χ3n) is 6.33. The van der Waals surface area contributed by atoms with Crippen LogP contribution in [-0.4, -0.2) is 82.6 Å². The van der Waals surface area contributed by atoms with Crippen molar-refractivity contribution in [3.63, 3.8) is 0 Å². The Balaban J connectivity index is 2.94. The SMILES string of the molecule is CCC(C)C(NC(=O)C(CCSC)NC(=O)C(N)Cc1ccc(O)cc1)C(=O)NC(CCCN=C(N)N)C(=O)O. The average molecular weight is 582 g/mol. The van der Waals surface area contributed by atoms with Crippen molar-refractivity contribution in [1.82, 2.24) is 16.0 Å². The monoisotopic (exact) mass is 581 g/mol. The van der Waals surface area contributed by atoms with Crippen LogP contribution in [-0.2, 0) is 25.6 Å². The first-order chi connectivity index (χ1) is 18.9. The number of nitrogens with two attached hydrogens (primary N) is 3. The number of hydrogen-bond donors (Lipinski definition) is 8. The summed E-state index contributed by atoms with van der Waals surface area (Å²) < 4.78 is 0. The largest absolute Gasteiger partial charge is 0.508 e. The first kappa shape index (κ1) is 34.5. The maximum atomic E-state index is 13.3. The summed E-state index contributed by atoms with van der Waals surface area (Å²) in [6.45, 7) is 3.82. The number of phenolic OH excluding ortho intramolecular Hbond substituents is 1. The van der Waals surface area contributed by atoms with Gasteiger partial charge in [0.2, 0.25) is 17.7 Å². The number of phenols is 1. The van der Waals surface area contributed by atoms with Crippen molar-refractivity contribution in [2.75, 3.05) is 18.6 Å². The van der Waals surface area contributed by atoms with Gasteiger partial charge in [-0.3, -0.25) is 19.4 Å². The predicted octanol–water partition coefficient (Wildman–Crippen LogP) is -0.346. The van der Waals surface area contributed by atoms with Crippen LogP contribution in [0.15, 0.2) is 29.3 Å². The molecule has 0 fully saturated rings. The number of nitrogens with zero attached hydrogens (tertiary/aromatic N) is 1. The number of carbonyl (C=O) groups is 4. The van der Waals surface area contributed by atoms with Crippen LogP contribution >= 0.6 is 11.8 Å². The highest BCUT2D eigenvalue weighted by Gasteiger charge is 2.32. The van der Waals surface area contributed by atoms with E-state index in [0.29, 0.717) is 25.0 Å². The highest BCUT2D eigenvalue weighted by atomic mass is 32.2. The number of aromatic hydroxyl groups is 1. The predicted molar refractivity (Wildman–Crippen MR) is 156 cm³/mol. The van der Waals surface area contributed by atoms with Gasteiger partial charge in [0.15, 0.2) is 5.96 Å². The van der Waals surface area contributed by atoms with Gasteiger partial charge in [0, 0.05) is 6.54 Å². The van der Waals surface area contributed by atoms with Crippen molar-refractivity contribution >= 4 is 41.4 Å². The number of carboxylic acid groups (broad SMARTS) is 1. The van der Waals surface area contributed by atoms with Gasteiger partial charge in [-0.1, -0.05) is 32.4 Å². The number of nitrogens with one attached hydrogen (secondary N) is 3. The van der Waals surface area contributed by atoms with Crippen molar-refractivity contribution in [2.24, 2.45) is 28.1 Å². The van der Waals surface area contributed by atoms with Gasteiger partial charge in [0.05, 0.1) is 6.04 Å². The van der Waals surface area contributed by atoms with E-state index < -0.39 is 47.9 Å². The number of carboxylic acids is 1. The Hall–Kier alpha value is -3.52. The van der Waals surface area contributed by atoms with E-state index in [0.717, 1.165) is 5.56 Å². The third-order valence-corrected chi connectivity index (χ3v) is 6.97. The second-order valence-electron chi connectivity index (χ2n) is 9.54. The summed E-state index contributed by atoms with van der Waals surface area (Å²) in [6, 6.07) is 2.16. The highest BCUT2D eigenvalue weighted by molar-refractivity contribution is 7.98. The molecule has 0 aliphatic carbocycles. The highest BCUT2D eigenvalue weighted by Crippen LogP contribution is 2.13. The number of benzene rings is 1. The summed E-state index contributed by atoms with van der Waals surface area (Å²) in [5, 5.41) is 26.9. The molecule has 13 nitrogen and oxygen atoms in total. The first-order valence-electron chi connectivity index (χ1n) is 13.1. The Kier molecular flexibility index (Phi) is 15.5. The van der Waals surface area contributed by atoms with Crippen LogP contribution in [0, 0.1) is 5.92 Å². The maximum Gasteiger partial charge on any atom is 0.326 e. The van der Waals surface area contributed by atoms with Gasteiger partial charge in [0.25, 0.3) is 0 Å². The molecular weight excluding hydrogens is 538 g/mol. The Morgan fingerprint density at radius 2 is 1.60 bits per heavy atom. The molecule has 0 aliphatic heterocycles. The number of rotatable bonds is 18. The van der Waals surface area contributed by atoms with E-state index in [1.54, 1.807) is 19.1 Å². The number of hydrogen-bond acceptors (Lipinski definition) is 8. The molecule has 0 saturated heterocycles. The molecule has 0 heterocycles. The topological polar surface area (TPSA) is 235 Å². The van der Waals surface area contributed by atoms with Gasteiger partial charge in [-0.2, -0.15) is 11.8 Å². The van der Waals surface area contributed by atoms with E-state index in [-0.39, 0.29) is 37.0 Å². The van der Waals surface area contributed by atoms with Crippen LogP contribution in [0.3, 0.4) is 0 Å². The number of amides is 3. The fraction of sp³-hybridized carbons (Fsp3) is 0.577. The van der Waals surface area contributed by atoms with Crippen molar-refractivity contribution in [2.45, 2.75) is 70.1 Å². The van der Waals surface area contributed by atoms with E-state index in [2.05, 4.69) is 20.9 Å². The summed E-state index contributed by atoms with van der Waals surface area (Å²) in [7, 11) is 0. The molecule has 1 aromatic carbocycles. The molecule has 11 N–H and O–H groups in total. The molecule has 5 atom stereocenters. The minimum Gasteiger partial charge on any atom is -0.508 e. The number of carbonyl (C=O) groups excluding carboxylic acids is 3. The first-order valence-corrected chi connectivity index (χ1v) is 14.5. The van der Waals surface area contributed by atoms with Gasteiger partial charge < -0.3 is 43.4 Å². The molecule has 3 amide bonds. The molecule has 0 spiro atoms.